The van der Waals surface area contributed by atoms with Gasteiger partial charge in [-0.25, -0.2) is 0 Å². The SMILES string of the molecule is O=C(CCCNC(=O)c1ccc(Cl)cc1)NNC(=O)CC12CC3CC(CC(C3)C1)C2. The minimum Gasteiger partial charge on any atom is -0.352 e. The topological polar surface area (TPSA) is 87.3 Å². The van der Waals surface area contributed by atoms with Crippen LogP contribution in [0.4, 0.5) is 0 Å². The first kappa shape index (κ1) is 21.2. The molecule has 30 heavy (non-hydrogen) atoms. The highest BCUT2D eigenvalue weighted by atomic mass is 35.5. The number of hydrazine groups is 1. The van der Waals surface area contributed by atoms with Crippen LogP contribution in [-0.2, 0) is 9.59 Å². The largest absolute Gasteiger partial charge is 0.352 e. The summed E-state index contributed by atoms with van der Waals surface area (Å²) in [5.74, 6) is 1.90. The Morgan fingerprint density at radius 2 is 1.47 bits per heavy atom. The third kappa shape index (κ3) is 5.15. The maximum atomic E-state index is 12.4. The van der Waals surface area contributed by atoms with E-state index >= 15 is 0 Å². The summed E-state index contributed by atoms with van der Waals surface area (Å²) in [5.41, 5.74) is 5.82. The average molecular weight is 432 g/mol. The number of halogens is 1. The molecular weight excluding hydrogens is 402 g/mol. The van der Waals surface area contributed by atoms with Gasteiger partial charge in [-0.05, 0) is 92.4 Å². The minimum absolute atomic E-state index is 0.0821. The van der Waals surface area contributed by atoms with Crippen LogP contribution in [0.3, 0.4) is 0 Å². The fourth-order valence-corrected chi connectivity index (χ4v) is 6.37. The smallest absolute Gasteiger partial charge is 0.251 e. The Morgan fingerprint density at radius 3 is 2.07 bits per heavy atom. The standard InChI is InChI=1S/C23H30ClN3O3/c24-19-5-3-18(4-6-19)22(30)25-7-1-2-20(28)26-27-21(29)14-23-11-15-8-16(12-23)10-17(9-15)13-23/h3-6,15-17H,1-2,7-14H2,(H,25,30)(H,26,28)(H,27,29). The Bertz CT molecular complexity index is 773. The molecule has 4 fully saturated rings. The molecule has 6 nitrogen and oxygen atoms in total. The molecule has 1 aromatic rings. The van der Waals surface area contributed by atoms with Gasteiger partial charge in [0.15, 0.2) is 0 Å². The van der Waals surface area contributed by atoms with Crippen molar-refractivity contribution >= 4 is 29.3 Å². The Morgan fingerprint density at radius 1 is 0.900 bits per heavy atom. The highest BCUT2D eigenvalue weighted by Crippen LogP contribution is 2.61. The number of carbonyl (C=O) groups excluding carboxylic acids is 3. The van der Waals surface area contributed by atoms with Crippen molar-refractivity contribution in [2.75, 3.05) is 6.54 Å². The number of carbonyl (C=O) groups is 3. The van der Waals surface area contributed by atoms with Gasteiger partial charge >= 0.3 is 0 Å². The molecule has 0 unspecified atom stereocenters. The van der Waals surface area contributed by atoms with Gasteiger partial charge in [0.25, 0.3) is 5.91 Å². The van der Waals surface area contributed by atoms with Crippen LogP contribution in [0.2, 0.25) is 5.02 Å². The van der Waals surface area contributed by atoms with E-state index in [1.807, 2.05) is 0 Å². The Balaban J connectivity index is 1.12. The van der Waals surface area contributed by atoms with Gasteiger partial charge in [-0.15, -0.1) is 0 Å². The quantitative estimate of drug-likeness (QED) is 0.455. The second kappa shape index (κ2) is 8.96. The van der Waals surface area contributed by atoms with E-state index in [1.165, 1.54) is 38.5 Å². The van der Waals surface area contributed by atoms with Crippen molar-refractivity contribution < 1.29 is 14.4 Å². The zero-order valence-electron chi connectivity index (χ0n) is 17.2. The molecule has 0 aliphatic heterocycles. The van der Waals surface area contributed by atoms with Crippen molar-refractivity contribution in [2.24, 2.45) is 23.2 Å². The van der Waals surface area contributed by atoms with Crippen LogP contribution < -0.4 is 16.2 Å². The van der Waals surface area contributed by atoms with E-state index in [-0.39, 0.29) is 29.6 Å². The molecule has 4 aliphatic carbocycles. The highest BCUT2D eigenvalue weighted by molar-refractivity contribution is 6.30. The summed E-state index contributed by atoms with van der Waals surface area (Å²) in [6.07, 6.45) is 8.84. The zero-order chi connectivity index (χ0) is 21.1. The molecule has 0 atom stereocenters. The van der Waals surface area contributed by atoms with Crippen LogP contribution in [0, 0.1) is 23.2 Å². The molecule has 4 saturated carbocycles. The van der Waals surface area contributed by atoms with Crippen molar-refractivity contribution in [1.82, 2.24) is 16.2 Å². The van der Waals surface area contributed by atoms with Crippen LogP contribution in [-0.4, -0.2) is 24.3 Å². The van der Waals surface area contributed by atoms with Gasteiger partial charge in [-0.3, -0.25) is 25.2 Å². The summed E-state index contributed by atoms with van der Waals surface area (Å²) in [5, 5.41) is 3.35. The van der Waals surface area contributed by atoms with E-state index in [9.17, 15) is 14.4 Å². The molecule has 0 spiro atoms. The number of amides is 3. The lowest BCUT2D eigenvalue weighted by Crippen LogP contribution is -2.50. The first-order valence-electron chi connectivity index (χ1n) is 11.0. The van der Waals surface area contributed by atoms with Gasteiger partial charge < -0.3 is 5.32 Å². The molecule has 0 heterocycles. The summed E-state index contributed by atoms with van der Waals surface area (Å²) in [4.78, 5) is 36.5. The second-order valence-electron chi connectivity index (χ2n) is 9.56. The van der Waals surface area contributed by atoms with E-state index in [0.29, 0.717) is 30.0 Å². The molecule has 7 heteroatoms. The summed E-state index contributed by atoms with van der Waals surface area (Å²) in [7, 11) is 0. The normalized spacial score (nSPS) is 28.8. The maximum Gasteiger partial charge on any atom is 0.251 e. The van der Waals surface area contributed by atoms with Gasteiger partial charge in [0.1, 0.15) is 0 Å². The van der Waals surface area contributed by atoms with Crippen molar-refractivity contribution in [1.29, 1.82) is 0 Å². The number of nitrogens with one attached hydrogen (secondary N) is 3. The molecule has 4 aliphatic rings. The molecule has 0 aromatic heterocycles. The third-order valence-electron chi connectivity index (χ3n) is 7.01. The number of rotatable bonds is 7. The van der Waals surface area contributed by atoms with Crippen LogP contribution in [0.1, 0.15) is 68.1 Å². The molecule has 0 radical (unpaired) electrons. The second-order valence-corrected chi connectivity index (χ2v) is 9.99. The van der Waals surface area contributed by atoms with Crippen molar-refractivity contribution in [3.8, 4) is 0 Å². The average Bonchev–Trinajstić information content (AvgIpc) is 2.68. The Hall–Kier alpha value is -2.08. The Labute approximate surface area is 182 Å². The van der Waals surface area contributed by atoms with Gasteiger partial charge in [-0.1, -0.05) is 11.6 Å². The third-order valence-corrected chi connectivity index (χ3v) is 7.27. The summed E-state index contributed by atoms with van der Waals surface area (Å²) in [6, 6.07) is 6.64. The predicted molar refractivity (Wildman–Crippen MR) is 115 cm³/mol. The molecule has 162 valence electrons. The highest BCUT2D eigenvalue weighted by Gasteiger charge is 2.51. The first-order chi connectivity index (χ1) is 14.4. The van der Waals surface area contributed by atoms with E-state index in [0.717, 1.165) is 17.8 Å². The van der Waals surface area contributed by atoms with Gasteiger partial charge in [0.2, 0.25) is 11.8 Å². The molecule has 1 aromatic carbocycles. The molecule has 3 N–H and O–H groups in total. The lowest BCUT2D eigenvalue weighted by Gasteiger charge is -2.56. The van der Waals surface area contributed by atoms with Gasteiger partial charge in [0.05, 0.1) is 0 Å². The van der Waals surface area contributed by atoms with E-state index in [1.54, 1.807) is 24.3 Å². The summed E-state index contributed by atoms with van der Waals surface area (Å²) < 4.78 is 0. The number of hydrogen-bond donors (Lipinski definition) is 3. The number of benzene rings is 1. The lowest BCUT2D eigenvalue weighted by atomic mass is 9.49. The molecule has 5 rings (SSSR count). The van der Waals surface area contributed by atoms with E-state index in [4.69, 9.17) is 11.6 Å². The Kier molecular flexibility index (Phi) is 6.32. The monoisotopic (exact) mass is 431 g/mol. The molecule has 3 amide bonds. The van der Waals surface area contributed by atoms with Crippen LogP contribution in [0.15, 0.2) is 24.3 Å². The summed E-state index contributed by atoms with van der Waals surface area (Å²) >= 11 is 5.81. The predicted octanol–water partition coefficient (Wildman–Crippen LogP) is 3.60. The fourth-order valence-electron chi connectivity index (χ4n) is 6.25. The maximum absolute atomic E-state index is 12.4. The molecule has 0 saturated heterocycles. The lowest BCUT2D eigenvalue weighted by molar-refractivity contribution is -0.134. The van der Waals surface area contributed by atoms with E-state index in [2.05, 4.69) is 16.2 Å². The fraction of sp³-hybridized carbons (Fsp3) is 0.609. The van der Waals surface area contributed by atoms with Crippen LogP contribution >= 0.6 is 11.6 Å². The molecule has 4 bridgehead atoms. The zero-order valence-corrected chi connectivity index (χ0v) is 18.0. The molecular formula is C23H30ClN3O3. The van der Waals surface area contributed by atoms with Gasteiger partial charge in [0, 0.05) is 30.0 Å². The van der Waals surface area contributed by atoms with Gasteiger partial charge in [-0.2, -0.15) is 0 Å². The van der Waals surface area contributed by atoms with Crippen LogP contribution in [0.25, 0.3) is 0 Å². The van der Waals surface area contributed by atoms with Crippen molar-refractivity contribution in [3.63, 3.8) is 0 Å². The summed E-state index contributed by atoms with van der Waals surface area (Å²) in [6.45, 7) is 0.385. The van der Waals surface area contributed by atoms with E-state index < -0.39 is 0 Å². The van der Waals surface area contributed by atoms with Crippen molar-refractivity contribution in [3.05, 3.63) is 34.9 Å². The number of hydrogen-bond acceptors (Lipinski definition) is 3. The minimum atomic E-state index is -0.241. The first-order valence-corrected chi connectivity index (χ1v) is 11.4. The van der Waals surface area contributed by atoms with Crippen molar-refractivity contribution in [2.45, 2.75) is 57.8 Å². The van der Waals surface area contributed by atoms with Crippen LogP contribution in [0.5, 0.6) is 0 Å².